The van der Waals surface area contributed by atoms with Gasteiger partial charge in [0.25, 0.3) is 0 Å². The molecule has 0 bridgehead atoms. The van der Waals surface area contributed by atoms with Crippen molar-refractivity contribution in [1.82, 2.24) is 14.6 Å². The maximum Gasteiger partial charge on any atom is 0.221 e. The van der Waals surface area contributed by atoms with Gasteiger partial charge in [0.2, 0.25) is 5.91 Å². The van der Waals surface area contributed by atoms with Gasteiger partial charge in [-0.05, 0) is 35.8 Å². The Labute approximate surface area is 156 Å². The van der Waals surface area contributed by atoms with Crippen LogP contribution in [0.3, 0.4) is 0 Å². The number of nitrogens with zero attached hydrogens (tertiary/aromatic N) is 3. The van der Waals surface area contributed by atoms with Crippen LogP contribution < -0.4 is 10.2 Å². The Morgan fingerprint density at radius 2 is 2.00 bits per heavy atom. The first-order valence-electron chi connectivity index (χ1n) is 8.90. The van der Waals surface area contributed by atoms with Crippen molar-refractivity contribution in [2.24, 2.45) is 0 Å². The fourth-order valence-corrected chi connectivity index (χ4v) is 4.03. The molecule has 6 nitrogen and oxygen atoms in total. The van der Waals surface area contributed by atoms with Crippen LogP contribution in [0.25, 0.3) is 10.1 Å². The van der Waals surface area contributed by atoms with Gasteiger partial charge in [-0.1, -0.05) is 12.1 Å². The van der Waals surface area contributed by atoms with Gasteiger partial charge in [0.15, 0.2) is 0 Å². The number of hydrogen-bond donors (Lipinski definition) is 1. The second kappa shape index (κ2) is 7.88. The van der Waals surface area contributed by atoms with E-state index in [1.54, 1.807) is 17.8 Å². The lowest BCUT2D eigenvalue weighted by atomic mass is 10.2. The van der Waals surface area contributed by atoms with Gasteiger partial charge in [0.05, 0.1) is 17.5 Å². The van der Waals surface area contributed by atoms with Crippen molar-refractivity contribution < 1.29 is 9.21 Å². The summed E-state index contributed by atoms with van der Waals surface area (Å²) in [6.45, 7) is 5.05. The molecule has 0 atom stereocenters. The molecule has 4 rings (SSSR count). The molecule has 136 valence electrons. The van der Waals surface area contributed by atoms with E-state index in [4.69, 9.17) is 4.42 Å². The zero-order chi connectivity index (χ0) is 17.8. The molecule has 1 saturated heterocycles. The number of rotatable bonds is 6. The highest BCUT2D eigenvalue weighted by Crippen LogP contribution is 2.29. The second-order valence-corrected chi connectivity index (χ2v) is 7.24. The van der Waals surface area contributed by atoms with Gasteiger partial charge < -0.3 is 14.6 Å². The highest BCUT2D eigenvalue weighted by atomic mass is 32.1. The summed E-state index contributed by atoms with van der Waals surface area (Å²) >= 11 is 1.56. The largest absolute Gasteiger partial charge is 0.467 e. The van der Waals surface area contributed by atoms with Gasteiger partial charge >= 0.3 is 0 Å². The number of nitrogens with one attached hydrogen (secondary N) is 1. The Hall–Kier alpha value is -2.38. The Bertz CT molecular complexity index is 853. The number of benzene rings is 1. The van der Waals surface area contributed by atoms with E-state index < -0.39 is 0 Å². The molecule has 0 aliphatic carbocycles. The molecule has 1 aliphatic rings. The Morgan fingerprint density at radius 3 is 2.81 bits per heavy atom. The van der Waals surface area contributed by atoms with Crippen molar-refractivity contribution in [3.05, 3.63) is 48.4 Å². The van der Waals surface area contributed by atoms with E-state index in [1.807, 2.05) is 12.1 Å². The third-order valence-electron chi connectivity index (χ3n) is 4.73. The summed E-state index contributed by atoms with van der Waals surface area (Å²) in [5.41, 5.74) is 0. The molecule has 26 heavy (non-hydrogen) atoms. The smallest absolute Gasteiger partial charge is 0.221 e. The molecule has 1 aromatic carbocycles. The first-order chi connectivity index (χ1) is 12.8. The highest BCUT2D eigenvalue weighted by molar-refractivity contribution is 7.13. The van der Waals surface area contributed by atoms with Gasteiger partial charge in [0.1, 0.15) is 11.6 Å². The average molecular weight is 370 g/mol. The maximum absolute atomic E-state index is 12.0. The zero-order valence-electron chi connectivity index (χ0n) is 14.6. The molecule has 0 saturated carbocycles. The van der Waals surface area contributed by atoms with Crippen LogP contribution in [0, 0.1) is 0 Å². The first kappa shape index (κ1) is 17.1. The molecule has 3 aromatic rings. The Kier molecular flexibility index (Phi) is 5.17. The SMILES string of the molecule is O=C(CCN1CCN(c2nsc3ccccc23)CC1)NCc1ccco1. The number of piperazine rings is 1. The van der Waals surface area contributed by atoms with Crippen molar-refractivity contribution in [3.8, 4) is 0 Å². The number of fused-ring (bicyclic) bond motifs is 1. The maximum atomic E-state index is 12.0. The molecular weight excluding hydrogens is 348 g/mol. The minimum Gasteiger partial charge on any atom is -0.467 e. The van der Waals surface area contributed by atoms with Crippen LogP contribution in [0.15, 0.2) is 47.1 Å². The third kappa shape index (κ3) is 3.89. The first-order valence-corrected chi connectivity index (χ1v) is 9.68. The minimum atomic E-state index is 0.0642. The molecule has 0 radical (unpaired) electrons. The Balaban J connectivity index is 1.23. The third-order valence-corrected chi connectivity index (χ3v) is 5.54. The lowest BCUT2D eigenvalue weighted by Crippen LogP contribution is -2.47. The molecule has 1 N–H and O–H groups in total. The van der Waals surface area contributed by atoms with Crippen molar-refractivity contribution >= 4 is 33.3 Å². The van der Waals surface area contributed by atoms with E-state index >= 15 is 0 Å². The molecule has 1 fully saturated rings. The zero-order valence-corrected chi connectivity index (χ0v) is 15.4. The van der Waals surface area contributed by atoms with E-state index in [0.717, 1.165) is 44.3 Å². The summed E-state index contributed by atoms with van der Waals surface area (Å²) in [4.78, 5) is 16.7. The average Bonchev–Trinajstić information content (AvgIpc) is 3.35. The molecule has 1 amide bonds. The fraction of sp³-hybridized carbons (Fsp3) is 0.368. The summed E-state index contributed by atoms with van der Waals surface area (Å²) in [6, 6.07) is 12.1. The normalized spacial score (nSPS) is 15.5. The van der Waals surface area contributed by atoms with Crippen molar-refractivity contribution in [2.75, 3.05) is 37.6 Å². The van der Waals surface area contributed by atoms with E-state index in [1.165, 1.54) is 10.1 Å². The number of carbonyl (C=O) groups is 1. The van der Waals surface area contributed by atoms with Gasteiger partial charge in [0, 0.05) is 44.5 Å². The summed E-state index contributed by atoms with van der Waals surface area (Å²) in [7, 11) is 0. The van der Waals surface area contributed by atoms with Gasteiger partial charge in [-0.3, -0.25) is 9.69 Å². The van der Waals surface area contributed by atoms with E-state index in [2.05, 4.69) is 43.8 Å². The lowest BCUT2D eigenvalue weighted by molar-refractivity contribution is -0.121. The lowest BCUT2D eigenvalue weighted by Gasteiger charge is -2.34. The topological polar surface area (TPSA) is 61.6 Å². The molecule has 0 unspecified atom stereocenters. The van der Waals surface area contributed by atoms with Crippen LogP contribution in [0.1, 0.15) is 12.2 Å². The second-order valence-electron chi connectivity index (χ2n) is 6.44. The van der Waals surface area contributed by atoms with Gasteiger partial charge in [-0.25, -0.2) is 0 Å². The minimum absolute atomic E-state index is 0.0642. The van der Waals surface area contributed by atoms with Crippen molar-refractivity contribution in [1.29, 1.82) is 0 Å². The number of carbonyl (C=O) groups excluding carboxylic acids is 1. The molecular formula is C19H22N4O2S. The van der Waals surface area contributed by atoms with E-state index in [9.17, 15) is 4.79 Å². The number of hydrogen-bond acceptors (Lipinski definition) is 6. The molecule has 1 aliphatic heterocycles. The number of furan rings is 1. The van der Waals surface area contributed by atoms with Crippen LogP contribution in [0.4, 0.5) is 5.82 Å². The van der Waals surface area contributed by atoms with Crippen LogP contribution in [-0.2, 0) is 11.3 Å². The van der Waals surface area contributed by atoms with E-state index in [0.29, 0.717) is 13.0 Å². The van der Waals surface area contributed by atoms with E-state index in [-0.39, 0.29) is 5.91 Å². The van der Waals surface area contributed by atoms with Crippen molar-refractivity contribution in [2.45, 2.75) is 13.0 Å². The number of anilines is 1. The summed E-state index contributed by atoms with van der Waals surface area (Å²) in [6.07, 6.45) is 2.13. The standard InChI is InChI=1S/C19H22N4O2S/c24-18(20-14-15-4-3-13-25-15)7-8-22-9-11-23(12-10-22)19-16-5-1-2-6-17(16)26-21-19/h1-6,13H,7-12,14H2,(H,20,24). The predicted molar refractivity (Wildman–Crippen MR) is 103 cm³/mol. The Morgan fingerprint density at radius 1 is 1.15 bits per heavy atom. The van der Waals surface area contributed by atoms with Gasteiger partial charge in [-0.2, -0.15) is 4.37 Å². The van der Waals surface area contributed by atoms with Crippen LogP contribution in [0.2, 0.25) is 0 Å². The van der Waals surface area contributed by atoms with Crippen LogP contribution >= 0.6 is 11.5 Å². The molecule has 3 heterocycles. The quantitative estimate of drug-likeness (QED) is 0.723. The molecule has 7 heteroatoms. The monoisotopic (exact) mass is 370 g/mol. The molecule has 2 aromatic heterocycles. The van der Waals surface area contributed by atoms with Gasteiger partial charge in [-0.15, -0.1) is 0 Å². The summed E-state index contributed by atoms with van der Waals surface area (Å²) in [5, 5.41) is 4.14. The summed E-state index contributed by atoms with van der Waals surface area (Å²) in [5.74, 6) is 1.94. The van der Waals surface area contributed by atoms with Crippen molar-refractivity contribution in [3.63, 3.8) is 0 Å². The number of amides is 1. The number of aromatic nitrogens is 1. The summed E-state index contributed by atoms with van der Waals surface area (Å²) < 4.78 is 11.1. The fourth-order valence-electron chi connectivity index (χ4n) is 3.23. The van der Waals surface area contributed by atoms with Crippen LogP contribution in [-0.4, -0.2) is 47.9 Å². The molecule has 0 spiro atoms. The van der Waals surface area contributed by atoms with Crippen LogP contribution in [0.5, 0.6) is 0 Å². The predicted octanol–water partition coefficient (Wildman–Crippen LogP) is 2.72. The highest BCUT2D eigenvalue weighted by Gasteiger charge is 2.20.